The second-order valence-electron chi connectivity index (χ2n) is 10.1. The molecule has 6 nitrogen and oxygen atoms in total. The van der Waals surface area contributed by atoms with E-state index in [1.807, 2.05) is 0 Å². The molecule has 0 spiro atoms. The van der Waals surface area contributed by atoms with Gasteiger partial charge in [-0.2, -0.15) is 18.3 Å². The Morgan fingerprint density at radius 3 is 2.42 bits per heavy atom. The van der Waals surface area contributed by atoms with E-state index in [4.69, 9.17) is 11.6 Å². The molecule has 0 aliphatic heterocycles. The molecule has 6 rings (SSSR count). The number of carbonyl (C=O) groups excluding carboxylic acids is 2. The van der Waals surface area contributed by atoms with Crippen LogP contribution in [0, 0.1) is 11.8 Å². The van der Waals surface area contributed by atoms with Crippen molar-refractivity contribution in [1.29, 1.82) is 0 Å². The average molecular weight is 481 g/mol. The predicted molar refractivity (Wildman–Crippen MR) is 114 cm³/mol. The summed E-state index contributed by atoms with van der Waals surface area (Å²) in [5.41, 5.74) is -0.555. The van der Waals surface area contributed by atoms with Crippen molar-refractivity contribution in [3.05, 3.63) is 34.1 Å². The van der Waals surface area contributed by atoms with Crippen molar-refractivity contribution in [2.45, 2.75) is 69.1 Å². The van der Waals surface area contributed by atoms with Gasteiger partial charge < -0.3 is 10.2 Å². The highest BCUT2D eigenvalue weighted by molar-refractivity contribution is 6.36. The Hall–Kier alpha value is -2.29. The molecule has 2 aromatic heterocycles. The third-order valence-electron chi connectivity index (χ3n) is 7.41. The Labute approximate surface area is 193 Å². The molecule has 4 aliphatic carbocycles. The Kier molecular flexibility index (Phi) is 4.74. The van der Waals surface area contributed by atoms with E-state index in [0.29, 0.717) is 5.56 Å². The highest BCUT2D eigenvalue weighted by atomic mass is 35.5. The molecule has 1 N–H and O–H groups in total. The summed E-state index contributed by atoms with van der Waals surface area (Å²) in [7, 11) is 0. The van der Waals surface area contributed by atoms with E-state index in [1.54, 1.807) is 6.07 Å². The third-order valence-corrected chi connectivity index (χ3v) is 7.78. The Morgan fingerprint density at radius 2 is 1.82 bits per heavy atom. The van der Waals surface area contributed by atoms with Crippen LogP contribution in [-0.2, 0) is 11.0 Å². The van der Waals surface area contributed by atoms with E-state index in [-0.39, 0.29) is 46.7 Å². The second-order valence-corrected chi connectivity index (χ2v) is 10.4. The Balaban J connectivity index is 1.28. The normalized spacial score (nSPS) is 26.4. The summed E-state index contributed by atoms with van der Waals surface area (Å²) in [4.78, 5) is 27.4. The highest BCUT2D eigenvalue weighted by Gasteiger charge is 2.46. The maximum atomic E-state index is 13.8. The summed E-state index contributed by atoms with van der Waals surface area (Å²) < 4.78 is 42.0. The number of carbonyl (C=O) groups is 2. The van der Waals surface area contributed by atoms with Gasteiger partial charge in [-0.05, 0) is 80.4 Å². The standard InChI is InChI=1S/C23H24ClF3N4O2/c24-20-17-8-14(11-1-2-11)9-18(23(25,26)27)31(17)29-21(20)22(33)30(16-3-4-16)10-19(32)28-15-6-12-5-13(12)7-15/h8-9,11-13,15-16H,1-7,10H2,(H,28,32). The van der Waals surface area contributed by atoms with Gasteiger partial charge in [0, 0.05) is 12.1 Å². The minimum absolute atomic E-state index is 0.0714. The number of alkyl halides is 3. The molecule has 2 atom stereocenters. The molecule has 10 heteroatoms. The van der Waals surface area contributed by atoms with E-state index < -0.39 is 17.8 Å². The van der Waals surface area contributed by atoms with Gasteiger partial charge in [0.2, 0.25) is 5.91 Å². The molecule has 2 amide bonds. The van der Waals surface area contributed by atoms with Crippen molar-refractivity contribution >= 4 is 28.9 Å². The number of nitrogens with one attached hydrogen (secondary N) is 1. The number of pyridine rings is 1. The average Bonchev–Trinajstić information content (AvgIpc) is 3.65. The van der Waals surface area contributed by atoms with Crippen molar-refractivity contribution < 1.29 is 22.8 Å². The first kappa shape index (κ1) is 21.3. The molecule has 2 heterocycles. The number of hydrogen-bond acceptors (Lipinski definition) is 3. The highest BCUT2D eigenvalue weighted by Crippen LogP contribution is 2.51. The number of amides is 2. The van der Waals surface area contributed by atoms with Crippen molar-refractivity contribution in [2.75, 3.05) is 6.54 Å². The van der Waals surface area contributed by atoms with Gasteiger partial charge in [-0.25, -0.2) is 4.52 Å². The number of aromatic nitrogens is 2. The monoisotopic (exact) mass is 480 g/mol. The lowest BCUT2D eigenvalue weighted by molar-refractivity contribution is -0.142. The molecule has 4 aliphatic rings. The molecule has 0 radical (unpaired) electrons. The zero-order chi connectivity index (χ0) is 23.1. The fraction of sp³-hybridized carbons (Fsp3) is 0.609. The van der Waals surface area contributed by atoms with Gasteiger partial charge in [-0.3, -0.25) is 9.59 Å². The van der Waals surface area contributed by atoms with E-state index in [2.05, 4.69) is 10.4 Å². The van der Waals surface area contributed by atoms with Crippen LogP contribution in [0.25, 0.3) is 5.52 Å². The summed E-state index contributed by atoms with van der Waals surface area (Å²) >= 11 is 6.44. The molecule has 2 aromatic rings. The molecule has 4 fully saturated rings. The van der Waals surface area contributed by atoms with Crippen LogP contribution in [0.3, 0.4) is 0 Å². The summed E-state index contributed by atoms with van der Waals surface area (Å²) in [6, 6.07) is 2.72. The second kappa shape index (κ2) is 7.35. The van der Waals surface area contributed by atoms with Crippen LogP contribution in [0.2, 0.25) is 5.02 Å². The lowest BCUT2D eigenvalue weighted by Gasteiger charge is -2.22. The first-order valence-electron chi connectivity index (χ1n) is 11.6. The maximum Gasteiger partial charge on any atom is 0.433 e. The largest absolute Gasteiger partial charge is 0.433 e. The molecular weight excluding hydrogens is 457 g/mol. The first-order chi connectivity index (χ1) is 15.7. The molecule has 0 saturated heterocycles. The smallest absolute Gasteiger partial charge is 0.352 e. The van der Waals surface area contributed by atoms with Crippen molar-refractivity contribution in [3.8, 4) is 0 Å². The lowest BCUT2D eigenvalue weighted by Crippen LogP contribution is -2.45. The molecule has 2 unspecified atom stereocenters. The number of fused-ring (bicyclic) bond motifs is 2. The molecule has 0 bridgehead atoms. The number of hydrogen-bond donors (Lipinski definition) is 1. The van der Waals surface area contributed by atoms with Gasteiger partial charge in [-0.15, -0.1) is 0 Å². The fourth-order valence-electron chi connectivity index (χ4n) is 5.28. The zero-order valence-corrected chi connectivity index (χ0v) is 18.6. The topological polar surface area (TPSA) is 66.7 Å². The van der Waals surface area contributed by atoms with E-state index in [1.165, 1.54) is 11.3 Å². The van der Waals surface area contributed by atoms with Gasteiger partial charge in [0.25, 0.3) is 5.91 Å². The van der Waals surface area contributed by atoms with E-state index in [9.17, 15) is 22.8 Å². The van der Waals surface area contributed by atoms with Crippen molar-refractivity contribution in [2.24, 2.45) is 11.8 Å². The summed E-state index contributed by atoms with van der Waals surface area (Å²) in [6.45, 7) is -0.140. The Morgan fingerprint density at radius 1 is 1.12 bits per heavy atom. The van der Waals surface area contributed by atoms with Crippen LogP contribution in [0.15, 0.2) is 12.1 Å². The summed E-state index contributed by atoms with van der Waals surface area (Å²) in [5.74, 6) is 0.674. The zero-order valence-electron chi connectivity index (χ0n) is 17.9. The summed E-state index contributed by atoms with van der Waals surface area (Å²) in [6.07, 6.45) is 1.72. The number of halogens is 4. The maximum absolute atomic E-state index is 13.8. The molecule has 4 saturated carbocycles. The van der Waals surface area contributed by atoms with Crippen LogP contribution in [-0.4, -0.2) is 45.0 Å². The van der Waals surface area contributed by atoms with Gasteiger partial charge in [-0.1, -0.05) is 11.6 Å². The molecule has 0 aromatic carbocycles. The SMILES string of the molecule is O=C(CN(C(=O)c1nn2c(C(F)(F)F)cc(C3CC3)cc2c1Cl)C1CC1)NC1CC2CC2C1. The number of nitrogens with zero attached hydrogens (tertiary/aromatic N) is 3. The Bertz CT molecular complexity index is 1140. The number of rotatable bonds is 6. The molecular formula is C23H24ClF3N4O2. The summed E-state index contributed by atoms with van der Waals surface area (Å²) in [5, 5.41) is 6.91. The quantitative estimate of drug-likeness (QED) is 0.666. The van der Waals surface area contributed by atoms with Gasteiger partial charge in [0.1, 0.15) is 12.2 Å². The molecule has 176 valence electrons. The predicted octanol–water partition coefficient (Wildman–Crippen LogP) is 4.40. The van der Waals surface area contributed by atoms with Crippen LogP contribution >= 0.6 is 11.6 Å². The van der Waals surface area contributed by atoms with Crippen LogP contribution < -0.4 is 5.32 Å². The van der Waals surface area contributed by atoms with E-state index >= 15 is 0 Å². The van der Waals surface area contributed by atoms with Gasteiger partial charge in [0.05, 0.1) is 10.5 Å². The van der Waals surface area contributed by atoms with Crippen LogP contribution in [0.5, 0.6) is 0 Å². The lowest BCUT2D eigenvalue weighted by atomic mass is 10.1. The van der Waals surface area contributed by atoms with Crippen LogP contribution in [0.1, 0.15) is 72.6 Å². The van der Waals surface area contributed by atoms with Crippen molar-refractivity contribution in [1.82, 2.24) is 19.8 Å². The van der Waals surface area contributed by atoms with Gasteiger partial charge >= 0.3 is 6.18 Å². The van der Waals surface area contributed by atoms with Gasteiger partial charge in [0.15, 0.2) is 5.69 Å². The van der Waals surface area contributed by atoms with E-state index in [0.717, 1.165) is 60.9 Å². The molecule has 33 heavy (non-hydrogen) atoms. The third kappa shape index (κ3) is 3.98. The minimum atomic E-state index is -4.64. The minimum Gasteiger partial charge on any atom is -0.352 e. The fourth-order valence-corrected chi connectivity index (χ4v) is 5.53. The van der Waals surface area contributed by atoms with Crippen LogP contribution in [0.4, 0.5) is 13.2 Å². The first-order valence-corrected chi connectivity index (χ1v) is 12.0. The van der Waals surface area contributed by atoms with Crippen molar-refractivity contribution in [3.63, 3.8) is 0 Å².